The van der Waals surface area contributed by atoms with Crippen molar-refractivity contribution in [2.45, 2.75) is 5.03 Å². The van der Waals surface area contributed by atoms with Crippen LogP contribution in [0.1, 0.15) is 0 Å². The van der Waals surface area contributed by atoms with Crippen molar-refractivity contribution in [2.75, 3.05) is 19.5 Å². The van der Waals surface area contributed by atoms with Crippen molar-refractivity contribution < 1.29 is 4.74 Å². The second-order valence-corrected chi connectivity index (χ2v) is 4.07. The highest BCUT2D eigenvalue weighted by atomic mass is 79.9. The third kappa shape index (κ3) is 3.56. The van der Waals surface area contributed by atoms with Gasteiger partial charge in [-0.1, -0.05) is 6.07 Å². The van der Waals surface area contributed by atoms with Crippen LogP contribution < -0.4 is 0 Å². The summed E-state index contributed by atoms with van der Waals surface area (Å²) < 4.78 is 5.81. The average Bonchev–Trinajstić information content (AvgIpc) is 2.05. The van der Waals surface area contributed by atoms with Crippen LogP contribution in [0.2, 0.25) is 0 Å². The monoisotopic (exact) mass is 247 g/mol. The van der Waals surface area contributed by atoms with Gasteiger partial charge in [-0.25, -0.2) is 4.98 Å². The Kier molecular flexibility index (Phi) is 4.65. The summed E-state index contributed by atoms with van der Waals surface area (Å²) in [4.78, 5) is 4.27. The van der Waals surface area contributed by atoms with Gasteiger partial charge in [0.1, 0.15) is 4.60 Å². The normalized spacial score (nSPS) is 10.2. The molecule has 66 valence electrons. The molecule has 1 aromatic rings. The van der Waals surface area contributed by atoms with Crippen molar-refractivity contribution in [1.29, 1.82) is 0 Å². The Labute approximate surface area is 84.9 Å². The summed E-state index contributed by atoms with van der Waals surface area (Å²) in [5.74, 6) is 0.944. The number of hydrogen-bond acceptors (Lipinski definition) is 3. The highest BCUT2D eigenvalue weighted by Crippen LogP contribution is 2.17. The minimum absolute atomic E-state index is 0.763. The van der Waals surface area contributed by atoms with Crippen molar-refractivity contribution in [2.24, 2.45) is 0 Å². The van der Waals surface area contributed by atoms with Crippen molar-refractivity contribution in [3.05, 3.63) is 22.8 Å². The molecule has 0 fully saturated rings. The zero-order valence-corrected chi connectivity index (χ0v) is 9.19. The predicted octanol–water partition coefficient (Wildman–Crippen LogP) is 2.58. The minimum Gasteiger partial charge on any atom is -0.384 e. The number of ether oxygens (including phenoxy) is 1. The standard InChI is InChI=1S/C8H10BrNOS/c1-11-5-6-12-8-4-2-3-7(9)10-8/h2-4H,5-6H2,1H3. The van der Waals surface area contributed by atoms with Gasteiger partial charge in [0, 0.05) is 12.9 Å². The molecule has 0 amide bonds. The van der Waals surface area contributed by atoms with Crippen molar-refractivity contribution in [3.63, 3.8) is 0 Å². The summed E-state index contributed by atoms with van der Waals surface area (Å²) in [5.41, 5.74) is 0. The Bertz CT molecular complexity index is 244. The summed E-state index contributed by atoms with van der Waals surface area (Å²) in [6.07, 6.45) is 0. The maximum Gasteiger partial charge on any atom is 0.107 e. The van der Waals surface area contributed by atoms with Gasteiger partial charge in [0.15, 0.2) is 0 Å². The first-order valence-electron chi connectivity index (χ1n) is 3.57. The quantitative estimate of drug-likeness (QED) is 0.464. The maximum absolute atomic E-state index is 4.93. The van der Waals surface area contributed by atoms with Crippen molar-refractivity contribution in [3.8, 4) is 0 Å². The number of halogens is 1. The Morgan fingerprint density at radius 1 is 1.58 bits per heavy atom. The Morgan fingerprint density at radius 3 is 3.08 bits per heavy atom. The largest absolute Gasteiger partial charge is 0.384 e. The fourth-order valence-electron chi connectivity index (χ4n) is 0.700. The second-order valence-electron chi connectivity index (χ2n) is 2.14. The molecule has 0 saturated heterocycles. The molecule has 0 unspecified atom stereocenters. The van der Waals surface area contributed by atoms with E-state index < -0.39 is 0 Å². The van der Waals surface area contributed by atoms with Gasteiger partial charge in [-0.2, -0.15) is 0 Å². The van der Waals surface area contributed by atoms with E-state index in [0.717, 1.165) is 22.0 Å². The van der Waals surface area contributed by atoms with E-state index in [2.05, 4.69) is 20.9 Å². The SMILES string of the molecule is COCCSc1cccc(Br)n1. The number of thioether (sulfide) groups is 1. The average molecular weight is 248 g/mol. The van der Waals surface area contributed by atoms with E-state index in [9.17, 15) is 0 Å². The van der Waals surface area contributed by atoms with Crippen LogP contribution in [0.5, 0.6) is 0 Å². The smallest absolute Gasteiger partial charge is 0.107 e. The molecule has 0 saturated carbocycles. The fourth-order valence-corrected chi connectivity index (χ4v) is 1.96. The van der Waals surface area contributed by atoms with E-state index in [1.165, 1.54) is 0 Å². The second kappa shape index (κ2) is 5.56. The number of rotatable bonds is 4. The summed E-state index contributed by atoms with van der Waals surface area (Å²) in [7, 11) is 1.70. The van der Waals surface area contributed by atoms with Gasteiger partial charge in [-0.15, -0.1) is 11.8 Å². The van der Waals surface area contributed by atoms with Gasteiger partial charge in [0.25, 0.3) is 0 Å². The number of methoxy groups -OCH3 is 1. The lowest BCUT2D eigenvalue weighted by molar-refractivity contribution is 0.218. The predicted molar refractivity (Wildman–Crippen MR) is 54.5 cm³/mol. The minimum atomic E-state index is 0.763. The molecule has 2 nitrogen and oxygen atoms in total. The van der Waals surface area contributed by atoms with E-state index in [-0.39, 0.29) is 0 Å². The highest BCUT2D eigenvalue weighted by molar-refractivity contribution is 9.10. The number of aromatic nitrogens is 1. The van der Waals surface area contributed by atoms with E-state index >= 15 is 0 Å². The zero-order valence-electron chi connectivity index (χ0n) is 6.79. The molecule has 0 aromatic carbocycles. The molecule has 0 radical (unpaired) electrons. The van der Waals surface area contributed by atoms with Gasteiger partial charge in [0.2, 0.25) is 0 Å². The topological polar surface area (TPSA) is 22.1 Å². The molecule has 0 atom stereocenters. The fraction of sp³-hybridized carbons (Fsp3) is 0.375. The Morgan fingerprint density at radius 2 is 2.42 bits per heavy atom. The summed E-state index contributed by atoms with van der Waals surface area (Å²) >= 11 is 5.01. The number of hydrogen-bond donors (Lipinski definition) is 0. The van der Waals surface area contributed by atoms with E-state index in [1.807, 2.05) is 18.2 Å². The van der Waals surface area contributed by atoms with Crippen molar-refractivity contribution in [1.82, 2.24) is 4.98 Å². The van der Waals surface area contributed by atoms with Crippen molar-refractivity contribution >= 4 is 27.7 Å². The lowest BCUT2D eigenvalue weighted by Crippen LogP contribution is -1.91. The molecule has 1 heterocycles. The van der Waals surface area contributed by atoms with Crippen LogP contribution in [-0.4, -0.2) is 24.5 Å². The first-order chi connectivity index (χ1) is 5.83. The van der Waals surface area contributed by atoms with Crippen LogP contribution >= 0.6 is 27.7 Å². The zero-order chi connectivity index (χ0) is 8.81. The van der Waals surface area contributed by atoms with Crippen LogP contribution in [0.15, 0.2) is 27.8 Å². The maximum atomic E-state index is 4.93. The molecule has 0 aliphatic rings. The molecule has 0 aliphatic heterocycles. The first-order valence-corrected chi connectivity index (χ1v) is 5.35. The van der Waals surface area contributed by atoms with Crippen LogP contribution in [0.4, 0.5) is 0 Å². The van der Waals surface area contributed by atoms with Gasteiger partial charge < -0.3 is 4.74 Å². The third-order valence-corrected chi connectivity index (χ3v) is 2.56. The molecule has 1 aromatic heterocycles. The molecule has 0 spiro atoms. The number of pyridine rings is 1. The highest BCUT2D eigenvalue weighted by Gasteiger charge is 1.95. The van der Waals surface area contributed by atoms with Gasteiger partial charge in [-0.05, 0) is 28.1 Å². The molecule has 0 bridgehead atoms. The molecular weight excluding hydrogens is 238 g/mol. The Balaban J connectivity index is 2.41. The van der Waals surface area contributed by atoms with E-state index in [1.54, 1.807) is 18.9 Å². The molecule has 1 rings (SSSR count). The number of nitrogens with zero attached hydrogens (tertiary/aromatic N) is 1. The van der Waals surface area contributed by atoms with Crippen LogP contribution in [0.25, 0.3) is 0 Å². The third-order valence-electron chi connectivity index (χ3n) is 1.23. The molecule has 12 heavy (non-hydrogen) atoms. The van der Waals surface area contributed by atoms with Gasteiger partial charge in [0.05, 0.1) is 11.6 Å². The Hall–Kier alpha value is -0.0600. The van der Waals surface area contributed by atoms with Crippen LogP contribution in [0, 0.1) is 0 Å². The molecule has 0 aliphatic carbocycles. The molecule has 0 N–H and O–H groups in total. The summed E-state index contributed by atoms with van der Waals surface area (Å²) in [6.45, 7) is 0.763. The van der Waals surface area contributed by atoms with E-state index in [0.29, 0.717) is 0 Å². The van der Waals surface area contributed by atoms with Crippen LogP contribution in [0.3, 0.4) is 0 Å². The van der Waals surface area contributed by atoms with Gasteiger partial charge in [-0.3, -0.25) is 0 Å². The molecular formula is C8H10BrNOS. The summed E-state index contributed by atoms with van der Waals surface area (Å²) in [5, 5.41) is 1.03. The van der Waals surface area contributed by atoms with Gasteiger partial charge >= 0.3 is 0 Å². The molecule has 4 heteroatoms. The lowest BCUT2D eigenvalue weighted by Gasteiger charge is -1.99. The lowest BCUT2D eigenvalue weighted by atomic mass is 10.5. The summed E-state index contributed by atoms with van der Waals surface area (Å²) in [6, 6.07) is 5.89. The van der Waals surface area contributed by atoms with Crippen LogP contribution in [-0.2, 0) is 4.74 Å². The first kappa shape index (κ1) is 10.0. The van der Waals surface area contributed by atoms with E-state index in [4.69, 9.17) is 4.74 Å².